The lowest BCUT2D eigenvalue weighted by atomic mass is 10.4. The van der Waals surface area contributed by atoms with Gasteiger partial charge in [0, 0.05) is 12.3 Å². The predicted octanol–water partition coefficient (Wildman–Crippen LogP) is 1.30. The third-order valence-corrected chi connectivity index (χ3v) is 2.83. The van der Waals surface area contributed by atoms with Crippen molar-refractivity contribution < 1.29 is 13.2 Å². The number of hydrogen-bond donors (Lipinski definition) is 4. The third kappa shape index (κ3) is 3.61. The van der Waals surface area contributed by atoms with Crippen LogP contribution < -0.4 is 16.6 Å². The van der Waals surface area contributed by atoms with E-state index in [0.717, 1.165) is 0 Å². The number of aromatic amines is 1. The molecule has 2 aromatic rings. The van der Waals surface area contributed by atoms with Crippen LogP contribution in [-0.2, 0) is 0 Å². The Kier molecular flexibility index (Phi) is 3.95. The molecule has 2 aromatic heterocycles. The van der Waals surface area contributed by atoms with Crippen LogP contribution in [-0.4, -0.2) is 38.0 Å². The van der Waals surface area contributed by atoms with Gasteiger partial charge in [-0.2, -0.15) is 28.2 Å². The Balaban J connectivity index is 2.05. The predicted molar refractivity (Wildman–Crippen MR) is 66.5 cm³/mol. The Hall–Kier alpha value is -1.75. The summed E-state index contributed by atoms with van der Waals surface area (Å²) < 4.78 is 35.9. The molecule has 19 heavy (non-hydrogen) atoms. The summed E-state index contributed by atoms with van der Waals surface area (Å²) in [6, 6.07) is 0. The lowest BCUT2D eigenvalue weighted by Crippen LogP contribution is -2.14. The molecule has 0 radical (unpaired) electrons. The van der Waals surface area contributed by atoms with Gasteiger partial charge in [-0.1, -0.05) is 0 Å². The molecule has 0 aliphatic carbocycles. The van der Waals surface area contributed by atoms with Crippen LogP contribution in [0.15, 0.2) is 6.20 Å². The fourth-order valence-corrected chi connectivity index (χ4v) is 1.81. The van der Waals surface area contributed by atoms with Crippen molar-refractivity contribution in [2.45, 2.75) is 5.51 Å². The van der Waals surface area contributed by atoms with Gasteiger partial charge >= 0.3 is 5.51 Å². The molecule has 0 saturated heterocycles. The molecule has 0 aliphatic rings. The van der Waals surface area contributed by atoms with Crippen LogP contribution >= 0.6 is 11.8 Å². The van der Waals surface area contributed by atoms with E-state index in [1.54, 1.807) is 0 Å². The second-order valence-electron chi connectivity index (χ2n) is 3.39. The highest BCUT2D eigenvalue weighted by molar-refractivity contribution is 8.00. The van der Waals surface area contributed by atoms with E-state index in [0.29, 0.717) is 16.9 Å². The number of nitrogen functional groups attached to an aromatic ring is 1. The van der Waals surface area contributed by atoms with Crippen LogP contribution in [0.5, 0.6) is 0 Å². The van der Waals surface area contributed by atoms with E-state index >= 15 is 0 Å². The number of nitrogens with two attached hydrogens (primary N) is 1. The minimum Gasteiger partial charge on any atom is -0.368 e. The molecule has 2 heterocycles. The quantitative estimate of drug-likeness (QED) is 0.374. The Morgan fingerprint density at radius 2 is 2.16 bits per heavy atom. The molecule has 5 N–H and O–H groups in total. The summed E-state index contributed by atoms with van der Waals surface area (Å²) in [6.07, 6.45) is 1.48. The maximum atomic E-state index is 12.0. The van der Waals surface area contributed by atoms with E-state index in [1.165, 1.54) is 6.20 Å². The summed E-state index contributed by atoms with van der Waals surface area (Å²) in [6.45, 7) is 0.103. The number of H-pyrrole nitrogens is 1. The second kappa shape index (κ2) is 5.48. The highest BCUT2D eigenvalue weighted by Crippen LogP contribution is 2.29. The minimum atomic E-state index is -4.23. The van der Waals surface area contributed by atoms with Gasteiger partial charge in [0.25, 0.3) is 0 Å². The van der Waals surface area contributed by atoms with Gasteiger partial charge in [0.1, 0.15) is 5.82 Å². The molecule has 0 aliphatic heterocycles. The second-order valence-corrected chi connectivity index (χ2v) is 4.55. The van der Waals surface area contributed by atoms with E-state index in [-0.39, 0.29) is 30.0 Å². The van der Waals surface area contributed by atoms with Crippen LogP contribution in [0.25, 0.3) is 11.0 Å². The van der Waals surface area contributed by atoms with E-state index in [4.69, 9.17) is 5.84 Å². The van der Waals surface area contributed by atoms with Gasteiger partial charge in [0.15, 0.2) is 5.65 Å². The summed E-state index contributed by atoms with van der Waals surface area (Å²) in [5.41, 5.74) is -1.53. The standard InChI is InChI=1S/C8H10F3N7S/c9-8(10,11)19-2-1-13-5-4-3-14-18-6(4)16-7(15-5)17-12/h3H,1-2,12H2,(H3,13,14,15,16,17,18). The van der Waals surface area contributed by atoms with Gasteiger partial charge in [-0.05, 0) is 11.8 Å². The molecule has 7 nitrogen and oxygen atoms in total. The molecule has 11 heteroatoms. The number of anilines is 2. The first kappa shape index (κ1) is 13.7. The van der Waals surface area contributed by atoms with Crippen molar-refractivity contribution in [1.82, 2.24) is 20.2 Å². The molecule has 104 valence electrons. The first-order chi connectivity index (χ1) is 8.99. The van der Waals surface area contributed by atoms with E-state index in [2.05, 4.69) is 30.9 Å². The van der Waals surface area contributed by atoms with Crippen LogP contribution in [0.4, 0.5) is 24.9 Å². The average molecular weight is 293 g/mol. The van der Waals surface area contributed by atoms with Crippen LogP contribution in [0, 0.1) is 0 Å². The number of nitrogens with zero attached hydrogens (tertiary/aromatic N) is 3. The van der Waals surface area contributed by atoms with Crippen molar-refractivity contribution in [3.05, 3.63) is 6.20 Å². The van der Waals surface area contributed by atoms with Crippen molar-refractivity contribution in [3.63, 3.8) is 0 Å². The lowest BCUT2D eigenvalue weighted by molar-refractivity contribution is -0.0327. The monoisotopic (exact) mass is 293 g/mol. The number of fused-ring (bicyclic) bond motifs is 1. The number of aromatic nitrogens is 4. The van der Waals surface area contributed by atoms with E-state index in [1.807, 2.05) is 0 Å². The van der Waals surface area contributed by atoms with Crippen LogP contribution in [0.3, 0.4) is 0 Å². The maximum absolute atomic E-state index is 12.0. The fourth-order valence-electron chi connectivity index (χ4n) is 1.37. The number of thioether (sulfide) groups is 1. The number of nitrogens with one attached hydrogen (secondary N) is 3. The van der Waals surface area contributed by atoms with E-state index in [9.17, 15) is 13.2 Å². The molecule has 2 rings (SSSR count). The zero-order valence-corrected chi connectivity index (χ0v) is 10.3. The molecular weight excluding hydrogens is 283 g/mol. The van der Waals surface area contributed by atoms with Gasteiger partial charge in [0.05, 0.1) is 11.6 Å². The SMILES string of the molecule is NNc1nc(NCCSC(F)(F)F)c2cn[nH]c2n1. The smallest absolute Gasteiger partial charge is 0.368 e. The molecule has 0 amide bonds. The Morgan fingerprint density at radius 3 is 2.84 bits per heavy atom. The van der Waals surface area contributed by atoms with Gasteiger partial charge < -0.3 is 5.32 Å². The van der Waals surface area contributed by atoms with Crippen molar-refractivity contribution in [1.29, 1.82) is 0 Å². The molecule has 0 unspecified atom stereocenters. The number of halogens is 3. The average Bonchev–Trinajstić information content (AvgIpc) is 2.81. The van der Waals surface area contributed by atoms with Crippen LogP contribution in [0.1, 0.15) is 0 Å². The Bertz CT molecular complexity index is 555. The highest BCUT2D eigenvalue weighted by Gasteiger charge is 2.27. The van der Waals surface area contributed by atoms with Crippen molar-refractivity contribution in [2.75, 3.05) is 23.0 Å². The van der Waals surface area contributed by atoms with Gasteiger partial charge in [0.2, 0.25) is 5.95 Å². The number of hydrogen-bond acceptors (Lipinski definition) is 7. The summed E-state index contributed by atoms with van der Waals surface area (Å²) in [5, 5.41) is 9.78. The van der Waals surface area contributed by atoms with Gasteiger partial charge in [-0.15, -0.1) is 0 Å². The first-order valence-corrected chi connectivity index (χ1v) is 6.10. The van der Waals surface area contributed by atoms with Gasteiger partial charge in [-0.25, -0.2) is 5.84 Å². The lowest BCUT2D eigenvalue weighted by Gasteiger charge is -2.09. The zero-order chi connectivity index (χ0) is 13.9. The number of hydrazine groups is 1. The fraction of sp³-hybridized carbons (Fsp3) is 0.375. The molecule has 0 spiro atoms. The van der Waals surface area contributed by atoms with E-state index < -0.39 is 5.51 Å². The van der Waals surface area contributed by atoms with Gasteiger partial charge in [-0.3, -0.25) is 10.5 Å². The summed E-state index contributed by atoms with van der Waals surface area (Å²) >= 11 is -0.0994. The normalized spacial score (nSPS) is 11.8. The largest absolute Gasteiger partial charge is 0.441 e. The van der Waals surface area contributed by atoms with Crippen molar-refractivity contribution >= 4 is 34.6 Å². The Morgan fingerprint density at radius 1 is 1.37 bits per heavy atom. The molecule has 0 saturated carbocycles. The minimum absolute atomic E-state index is 0.0994. The highest BCUT2D eigenvalue weighted by atomic mass is 32.2. The number of alkyl halides is 3. The molecule has 0 bridgehead atoms. The topological polar surface area (TPSA) is 105 Å². The molecule has 0 fully saturated rings. The first-order valence-electron chi connectivity index (χ1n) is 5.12. The molecule has 0 aromatic carbocycles. The van der Waals surface area contributed by atoms with Crippen molar-refractivity contribution in [3.8, 4) is 0 Å². The third-order valence-electron chi connectivity index (χ3n) is 2.10. The molecule has 0 atom stereocenters. The maximum Gasteiger partial charge on any atom is 0.441 e. The Labute approximate surface area is 109 Å². The summed E-state index contributed by atoms with van der Waals surface area (Å²) in [4.78, 5) is 8.01. The van der Waals surface area contributed by atoms with Crippen molar-refractivity contribution in [2.24, 2.45) is 5.84 Å². The summed E-state index contributed by atoms with van der Waals surface area (Å²) in [5.74, 6) is 5.59. The molecular formula is C8H10F3N7S. The number of rotatable bonds is 5. The van der Waals surface area contributed by atoms with Crippen LogP contribution in [0.2, 0.25) is 0 Å². The summed E-state index contributed by atoms with van der Waals surface area (Å²) in [7, 11) is 0. The zero-order valence-electron chi connectivity index (χ0n) is 9.45.